The van der Waals surface area contributed by atoms with Gasteiger partial charge in [-0.2, -0.15) is 26.3 Å². The molecule has 0 amide bonds. The summed E-state index contributed by atoms with van der Waals surface area (Å²) in [5, 5.41) is 0. The van der Waals surface area contributed by atoms with Crippen LogP contribution in [0.3, 0.4) is 0 Å². The molecule has 0 unspecified atom stereocenters. The summed E-state index contributed by atoms with van der Waals surface area (Å²) in [5.41, 5.74) is 0.354. The van der Waals surface area contributed by atoms with Gasteiger partial charge in [0, 0.05) is 29.8 Å². The second-order valence-corrected chi connectivity index (χ2v) is 6.38. The molecule has 0 aliphatic rings. The average Bonchev–Trinajstić information content (AvgIpc) is 2.87. The van der Waals surface area contributed by atoms with Crippen molar-refractivity contribution >= 4 is 29.9 Å². The molecule has 1 heterocycles. The van der Waals surface area contributed by atoms with Crippen molar-refractivity contribution in [3.63, 3.8) is 0 Å². The third-order valence-electron chi connectivity index (χ3n) is 3.29. The molecule has 2 rings (SSSR count). The van der Waals surface area contributed by atoms with Gasteiger partial charge in [-0.1, -0.05) is 18.2 Å². The van der Waals surface area contributed by atoms with Crippen LogP contribution in [0.15, 0.2) is 40.2 Å². The van der Waals surface area contributed by atoms with E-state index in [0.29, 0.717) is 22.2 Å². The van der Waals surface area contributed by atoms with Crippen LogP contribution in [-0.4, -0.2) is 33.9 Å². The largest absolute Gasteiger partial charge is 0.409 e. The number of hydrogen-bond donors (Lipinski definition) is 0. The highest BCUT2D eigenvalue weighted by Crippen LogP contribution is 2.36. The Morgan fingerprint density at radius 3 is 2.41 bits per heavy atom. The van der Waals surface area contributed by atoms with Crippen LogP contribution in [0.4, 0.5) is 32.2 Å². The summed E-state index contributed by atoms with van der Waals surface area (Å²) in [6.45, 7) is 1.59. The van der Waals surface area contributed by atoms with E-state index in [0.717, 1.165) is 6.08 Å². The van der Waals surface area contributed by atoms with Gasteiger partial charge in [-0.05, 0) is 19.1 Å². The van der Waals surface area contributed by atoms with Gasteiger partial charge in [0.2, 0.25) is 0 Å². The first-order valence-electron chi connectivity index (χ1n) is 7.62. The van der Waals surface area contributed by atoms with Gasteiger partial charge < -0.3 is 4.57 Å². The second-order valence-electron chi connectivity index (χ2n) is 5.37. The molecule has 0 spiro atoms. The van der Waals surface area contributed by atoms with Crippen LogP contribution < -0.4 is 0 Å². The molecule has 0 fully saturated rings. The Balaban J connectivity index is 2.52. The van der Waals surface area contributed by atoms with Crippen molar-refractivity contribution in [2.45, 2.75) is 24.2 Å². The molecule has 0 atom stereocenters. The maximum atomic E-state index is 12.6. The van der Waals surface area contributed by atoms with E-state index in [1.807, 2.05) is 0 Å². The molecule has 0 bridgehead atoms. The van der Waals surface area contributed by atoms with Gasteiger partial charge >= 0.3 is 12.4 Å². The van der Waals surface area contributed by atoms with Crippen LogP contribution in [0.25, 0.3) is 17.5 Å². The lowest BCUT2D eigenvalue weighted by molar-refractivity contribution is -0.105. The molecule has 10 heteroatoms. The lowest BCUT2D eigenvalue weighted by atomic mass is 10.2. The molecule has 2 aromatic rings. The third-order valence-corrected chi connectivity index (χ3v) is 4.43. The first-order chi connectivity index (χ1) is 12.5. The standard InChI is InChI=1S/C17H15F6N3S/c1-3-24-15-12(8-9-16(18,19)20)25-14(26(15)2)11-6-4-5-7-13(11)27-10-17(21,22)23/h3-9H,10H2,1-2H3/b9-8+,24-3-. The van der Waals surface area contributed by atoms with E-state index in [9.17, 15) is 26.3 Å². The summed E-state index contributed by atoms with van der Waals surface area (Å²) in [7, 11) is 1.54. The van der Waals surface area contributed by atoms with E-state index in [-0.39, 0.29) is 23.4 Å². The summed E-state index contributed by atoms with van der Waals surface area (Å²) in [6, 6.07) is 6.28. The van der Waals surface area contributed by atoms with Crippen molar-refractivity contribution in [1.82, 2.24) is 9.55 Å². The molecule has 1 aromatic heterocycles. The van der Waals surface area contributed by atoms with Crippen LogP contribution >= 0.6 is 11.8 Å². The molecule has 0 radical (unpaired) electrons. The number of imidazole rings is 1. The summed E-state index contributed by atoms with van der Waals surface area (Å²) >= 11 is 0.589. The van der Waals surface area contributed by atoms with Crippen LogP contribution in [0.2, 0.25) is 0 Å². The number of rotatable bonds is 5. The zero-order chi connectivity index (χ0) is 20.2. The number of thioether (sulfide) groups is 1. The van der Waals surface area contributed by atoms with Gasteiger partial charge in [-0.3, -0.25) is 0 Å². The van der Waals surface area contributed by atoms with Crippen LogP contribution in [0, 0.1) is 0 Å². The molecule has 146 valence electrons. The van der Waals surface area contributed by atoms with Crippen molar-refractivity contribution in [3.05, 3.63) is 36.0 Å². The van der Waals surface area contributed by atoms with Crippen molar-refractivity contribution in [3.8, 4) is 11.4 Å². The van der Waals surface area contributed by atoms with Crippen molar-refractivity contribution in [2.75, 3.05) is 5.75 Å². The van der Waals surface area contributed by atoms with Crippen molar-refractivity contribution < 1.29 is 26.3 Å². The molecule has 0 aliphatic carbocycles. The smallest absolute Gasteiger partial charge is 0.312 e. The highest BCUT2D eigenvalue weighted by atomic mass is 32.2. The fourth-order valence-electron chi connectivity index (χ4n) is 2.25. The van der Waals surface area contributed by atoms with E-state index >= 15 is 0 Å². The minimum Gasteiger partial charge on any atom is -0.312 e. The third kappa shape index (κ3) is 5.88. The number of allylic oxidation sites excluding steroid dienone is 1. The maximum absolute atomic E-state index is 12.6. The van der Waals surface area contributed by atoms with Gasteiger partial charge in [0.05, 0.1) is 5.75 Å². The average molecular weight is 407 g/mol. The van der Waals surface area contributed by atoms with E-state index in [2.05, 4.69) is 9.98 Å². The molecular formula is C17H15F6N3S. The van der Waals surface area contributed by atoms with E-state index in [1.165, 1.54) is 16.8 Å². The molecule has 1 aromatic carbocycles. The zero-order valence-electron chi connectivity index (χ0n) is 14.3. The summed E-state index contributed by atoms with van der Waals surface area (Å²) < 4.78 is 76.6. The molecule has 0 N–H and O–H groups in total. The first-order valence-corrected chi connectivity index (χ1v) is 8.60. The number of nitrogens with zero attached hydrogens (tertiary/aromatic N) is 3. The lowest BCUT2D eigenvalue weighted by Crippen LogP contribution is -2.10. The number of hydrogen-bond acceptors (Lipinski definition) is 3. The van der Waals surface area contributed by atoms with Crippen LogP contribution in [0.5, 0.6) is 0 Å². The molecular weight excluding hydrogens is 392 g/mol. The van der Waals surface area contributed by atoms with Gasteiger partial charge in [0.1, 0.15) is 11.5 Å². The predicted molar refractivity (Wildman–Crippen MR) is 94.3 cm³/mol. The lowest BCUT2D eigenvalue weighted by Gasteiger charge is -2.11. The minimum absolute atomic E-state index is 0.0291. The molecule has 3 nitrogen and oxygen atoms in total. The summed E-state index contributed by atoms with van der Waals surface area (Å²) in [5.74, 6) is -0.693. The Hall–Kier alpha value is -2.23. The minimum atomic E-state index is -4.52. The molecule has 0 aliphatic heterocycles. The first kappa shape index (κ1) is 21.1. The Bertz CT molecular complexity index is 849. The maximum Gasteiger partial charge on any atom is 0.409 e. The Labute approximate surface area is 155 Å². The number of aliphatic imine (C=N–C) groups is 1. The Kier molecular flexibility index (Phi) is 6.40. The molecule has 0 saturated heterocycles. The van der Waals surface area contributed by atoms with Gasteiger partial charge in [-0.25, -0.2) is 9.98 Å². The molecule has 27 heavy (non-hydrogen) atoms. The number of aromatic nitrogens is 2. The SMILES string of the molecule is C/C=N\c1c(/C=C/C(F)(F)F)nc(-c2ccccc2SCC(F)(F)F)n1C. The Morgan fingerprint density at radius 2 is 1.81 bits per heavy atom. The second kappa shape index (κ2) is 8.20. The highest BCUT2D eigenvalue weighted by Gasteiger charge is 2.28. The van der Waals surface area contributed by atoms with E-state index in [4.69, 9.17) is 0 Å². The van der Waals surface area contributed by atoms with Gasteiger partial charge in [0.15, 0.2) is 5.82 Å². The number of alkyl halides is 6. The van der Waals surface area contributed by atoms with Gasteiger partial charge in [-0.15, -0.1) is 11.8 Å². The monoisotopic (exact) mass is 407 g/mol. The van der Waals surface area contributed by atoms with Crippen LogP contribution in [-0.2, 0) is 7.05 Å². The van der Waals surface area contributed by atoms with E-state index < -0.39 is 18.1 Å². The summed E-state index contributed by atoms with van der Waals surface area (Å²) in [4.78, 5) is 8.53. The number of halogens is 6. The fraction of sp³-hybridized carbons (Fsp3) is 0.294. The quantitative estimate of drug-likeness (QED) is 0.344. The highest BCUT2D eigenvalue weighted by molar-refractivity contribution is 7.99. The zero-order valence-corrected chi connectivity index (χ0v) is 15.1. The van der Waals surface area contributed by atoms with Gasteiger partial charge in [0.25, 0.3) is 0 Å². The van der Waals surface area contributed by atoms with Crippen molar-refractivity contribution in [2.24, 2.45) is 12.0 Å². The number of benzene rings is 1. The fourth-order valence-corrected chi connectivity index (χ4v) is 3.06. The normalized spacial score (nSPS) is 13.2. The van der Waals surface area contributed by atoms with Crippen molar-refractivity contribution in [1.29, 1.82) is 0 Å². The van der Waals surface area contributed by atoms with Crippen LogP contribution in [0.1, 0.15) is 12.6 Å². The Morgan fingerprint density at radius 1 is 1.15 bits per heavy atom. The summed E-state index contributed by atoms with van der Waals surface area (Å²) in [6.07, 6.45) is -6.64. The topological polar surface area (TPSA) is 30.2 Å². The molecule has 0 saturated carbocycles. The van der Waals surface area contributed by atoms with E-state index in [1.54, 1.807) is 32.2 Å². The predicted octanol–water partition coefficient (Wildman–Crippen LogP) is 6.04.